The van der Waals surface area contributed by atoms with Crippen molar-refractivity contribution in [3.63, 3.8) is 0 Å². The lowest BCUT2D eigenvalue weighted by atomic mass is 9.72. The Bertz CT molecular complexity index is 1460. The molecule has 3 aromatic rings. The van der Waals surface area contributed by atoms with E-state index in [-0.39, 0.29) is 34.1 Å². The van der Waals surface area contributed by atoms with E-state index in [9.17, 15) is 9.18 Å². The van der Waals surface area contributed by atoms with Crippen molar-refractivity contribution < 1.29 is 18.7 Å². The van der Waals surface area contributed by atoms with Crippen molar-refractivity contribution >= 4 is 40.4 Å². The van der Waals surface area contributed by atoms with Gasteiger partial charge in [-0.2, -0.15) is 0 Å². The topological polar surface area (TPSA) is 42.0 Å². The van der Waals surface area contributed by atoms with Crippen LogP contribution in [0.4, 0.5) is 10.1 Å². The molecule has 1 aliphatic heterocycles. The summed E-state index contributed by atoms with van der Waals surface area (Å²) in [5.41, 5.74) is 5.66. The van der Waals surface area contributed by atoms with Crippen molar-refractivity contribution in [1.29, 1.82) is 0 Å². The van der Waals surface area contributed by atoms with Crippen LogP contribution in [0.2, 0.25) is 10.0 Å². The van der Waals surface area contributed by atoms with Crippen LogP contribution in [0.3, 0.4) is 0 Å². The number of nitrogens with zero attached hydrogens (tertiary/aromatic N) is 2. The molecule has 8 heteroatoms. The first-order chi connectivity index (χ1) is 20.1. The van der Waals surface area contributed by atoms with Crippen LogP contribution in [0.5, 0.6) is 11.5 Å². The normalized spacial score (nSPS) is 17.3. The van der Waals surface area contributed by atoms with E-state index in [0.717, 1.165) is 56.3 Å². The first-order valence-corrected chi connectivity index (χ1v) is 15.3. The summed E-state index contributed by atoms with van der Waals surface area (Å²) in [7, 11) is 0. The molecule has 5 nitrogen and oxygen atoms in total. The number of carbonyl (C=O) groups is 1. The van der Waals surface area contributed by atoms with E-state index in [4.69, 9.17) is 32.7 Å². The standard InChI is InChI=1S/C34H37Cl2FN2O3/c1-4-41-33(40)27-13-12-26(20-31(27)42-30-7-5-6-29(36)32(30)37)39-18-16-38(17-19-39)22-24-14-15-34(2,3)21-28(24)23-8-10-25(35)11-9-23/h5-13,20H,4,14-19,21-22H2,1-3H3. The number of ether oxygens (including phenoxy) is 2. The van der Waals surface area contributed by atoms with Gasteiger partial charge >= 0.3 is 5.97 Å². The minimum Gasteiger partial charge on any atom is -0.462 e. The van der Waals surface area contributed by atoms with Crippen molar-refractivity contribution in [2.45, 2.75) is 40.0 Å². The fourth-order valence-corrected chi connectivity index (χ4v) is 6.04. The highest BCUT2D eigenvalue weighted by Crippen LogP contribution is 2.43. The predicted octanol–water partition coefficient (Wildman–Crippen LogP) is 8.89. The number of halogens is 3. The molecule has 0 aromatic heterocycles. The lowest BCUT2D eigenvalue weighted by Crippen LogP contribution is -2.47. The number of esters is 1. The minimum atomic E-state index is -0.675. The van der Waals surface area contributed by atoms with Crippen LogP contribution in [0, 0.1) is 11.2 Å². The van der Waals surface area contributed by atoms with Gasteiger partial charge in [-0.25, -0.2) is 9.18 Å². The van der Waals surface area contributed by atoms with Gasteiger partial charge in [-0.05, 0) is 79.1 Å². The molecule has 42 heavy (non-hydrogen) atoms. The van der Waals surface area contributed by atoms with Crippen LogP contribution >= 0.6 is 23.2 Å². The summed E-state index contributed by atoms with van der Waals surface area (Å²) in [4.78, 5) is 17.4. The summed E-state index contributed by atoms with van der Waals surface area (Å²) >= 11 is 12.1. The second kappa shape index (κ2) is 13.1. The van der Waals surface area contributed by atoms with Gasteiger partial charge in [0.25, 0.3) is 0 Å². The average molecular weight is 612 g/mol. The number of benzene rings is 3. The molecule has 2 aliphatic rings. The number of hydrogen-bond donors (Lipinski definition) is 0. The highest BCUT2D eigenvalue weighted by molar-refractivity contribution is 6.31. The molecule has 1 fully saturated rings. The third kappa shape index (κ3) is 7.11. The second-order valence-corrected chi connectivity index (χ2v) is 12.6. The van der Waals surface area contributed by atoms with Gasteiger partial charge in [0.05, 0.1) is 11.6 Å². The number of allylic oxidation sites excluding steroid dienone is 1. The summed E-state index contributed by atoms with van der Waals surface area (Å²) in [6.45, 7) is 11.1. The van der Waals surface area contributed by atoms with Crippen molar-refractivity contribution in [2.75, 3.05) is 44.2 Å². The zero-order valence-corrected chi connectivity index (χ0v) is 25.9. The summed E-state index contributed by atoms with van der Waals surface area (Å²) in [5.74, 6) is -1.01. The SMILES string of the molecule is CCOC(=O)c1ccc(N2CCN(CC3=C(c4ccc(Cl)cc4)CC(C)(C)CC3)CC2)cc1Oc1cccc(Cl)c1F. The van der Waals surface area contributed by atoms with Crippen LogP contribution in [-0.2, 0) is 4.74 Å². The van der Waals surface area contributed by atoms with Gasteiger partial charge < -0.3 is 14.4 Å². The van der Waals surface area contributed by atoms with Gasteiger partial charge in [-0.1, -0.05) is 60.8 Å². The molecular weight excluding hydrogens is 574 g/mol. The molecule has 1 aliphatic carbocycles. The second-order valence-electron chi connectivity index (χ2n) is 11.7. The summed E-state index contributed by atoms with van der Waals surface area (Å²) < 4.78 is 25.8. The van der Waals surface area contributed by atoms with Gasteiger partial charge in [-0.15, -0.1) is 0 Å². The summed E-state index contributed by atoms with van der Waals surface area (Å²) in [6, 6.07) is 18.2. The Labute approximate surface area is 257 Å². The molecule has 1 heterocycles. The van der Waals surface area contributed by atoms with Crippen LogP contribution in [0.1, 0.15) is 56.0 Å². The van der Waals surface area contributed by atoms with Crippen molar-refractivity contribution in [2.24, 2.45) is 5.41 Å². The van der Waals surface area contributed by atoms with E-state index >= 15 is 0 Å². The molecule has 222 valence electrons. The fourth-order valence-electron chi connectivity index (χ4n) is 5.75. The molecule has 0 N–H and O–H groups in total. The fraction of sp³-hybridized carbons (Fsp3) is 0.382. The Hall–Kier alpha value is -3.06. The van der Waals surface area contributed by atoms with E-state index in [2.05, 4.69) is 35.8 Å². The molecule has 0 amide bonds. The highest BCUT2D eigenvalue weighted by atomic mass is 35.5. The third-order valence-electron chi connectivity index (χ3n) is 8.13. The van der Waals surface area contributed by atoms with E-state index in [0.29, 0.717) is 0 Å². The molecule has 0 radical (unpaired) electrons. The Morgan fingerprint density at radius 3 is 2.43 bits per heavy atom. The first-order valence-electron chi connectivity index (χ1n) is 14.5. The van der Waals surface area contributed by atoms with Crippen molar-refractivity contribution in [1.82, 2.24) is 4.90 Å². The van der Waals surface area contributed by atoms with Gasteiger partial charge in [0.2, 0.25) is 0 Å². The molecule has 0 unspecified atom stereocenters. The van der Waals surface area contributed by atoms with E-state index in [1.165, 1.54) is 35.3 Å². The third-order valence-corrected chi connectivity index (χ3v) is 8.67. The Morgan fingerprint density at radius 2 is 1.71 bits per heavy atom. The Kier molecular flexibility index (Phi) is 9.46. The van der Waals surface area contributed by atoms with Crippen LogP contribution in [0.25, 0.3) is 5.57 Å². The molecular formula is C34H37Cl2FN2O3. The Balaban J connectivity index is 1.32. The molecule has 5 rings (SSSR count). The van der Waals surface area contributed by atoms with E-state index in [1.54, 1.807) is 25.1 Å². The van der Waals surface area contributed by atoms with Crippen LogP contribution < -0.4 is 9.64 Å². The van der Waals surface area contributed by atoms with Gasteiger partial charge in [0, 0.05) is 49.5 Å². The number of anilines is 1. The first kappa shape index (κ1) is 30.4. The number of hydrogen-bond acceptors (Lipinski definition) is 5. The van der Waals surface area contributed by atoms with Gasteiger partial charge in [0.15, 0.2) is 11.6 Å². The molecule has 0 saturated carbocycles. The summed E-state index contributed by atoms with van der Waals surface area (Å²) in [6.07, 6.45) is 3.34. The number of rotatable bonds is 8. The minimum absolute atomic E-state index is 0.0459. The zero-order chi connectivity index (χ0) is 29.9. The van der Waals surface area contributed by atoms with Crippen molar-refractivity contribution in [3.05, 3.63) is 93.2 Å². The molecule has 3 aromatic carbocycles. The van der Waals surface area contributed by atoms with E-state index in [1.807, 2.05) is 18.2 Å². The van der Waals surface area contributed by atoms with Crippen molar-refractivity contribution in [3.8, 4) is 11.5 Å². The lowest BCUT2D eigenvalue weighted by Gasteiger charge is -2.39. The molecule has 0 spiro atoms. The van der Waals surface area contributed by atoms with Crippen LogP contribution in [-0.4, -0.2) is 50.2 Å². The maximum absolute atomic E-state index is 14.7. The Morgan fingerprint density at radius 1 is 0.976 bits per heavy atom. The van der Waals surface area contributed by atoms with Gasteiger partial charge in [0.1, 0.15) is 11.3 Å². The molecule has 0 atom stereocenters. The molecule has 1 saturated heterocycles. The maximum atomic E-state index is 14.7. The van der Waals surface area contributed by atoms with Gasteiger partial charge in [-0.3, -0.25) is 4.90 Å². The lowest BCUT2D eigenvalue weighted by molar-refractivity contribution is 0.0523. The predicted molar refractivity (Wildman–Crippen MR) is 169 cm³/mol. The quantitative estimate of drug-likeness (QED) is 0.238. The number of carbonyl (C=O) groups excluding carboxylic acids is 1. The van der Waals surface area contributed by atoms with Crippen LogP contribution in [0.15, 0.2) is 66.2 Å². The largest absolute Gasteiger partial charge is 0.462 e. The number of piperazine rings is 1. The average Bonchev–Trinajstić information content (AvgIpc) is 2.97. The highest BCUT2D eigenvalue weighted by Gasteiger charge is 2.29. The monoisotopic (exact) mass is 610 g/mol. The maximum Gasteiger partial charge on any atom is 0.341 e. The summed E-state index contributed by atoms with van der Waals surface area (Å²) in [5, 5.41) is 0.710. The zero-order valence-electron chi connectivity index (χ0n) is 24.4. The van der Waals surface area contributed by atoms with E-state index < -0.39 is 11.8 Å². The molecule has 0 bridgehead atoms. The smallest absolute Gasteiger partial charge is 0.341 e.